The van der Waals surface area contributed by atoms with Gasteiger partial charge in [0.25, 0.3) is 5.91 Å². The van der Waals surface area contributed by atoms with Crippen LogP contribution in [0.1, 0.15) is 29.6 Å². The molecule has 2 N–H and O–H groups in total. The topological polar surface area (TPSA) is 67.8 Å². The average molecular weight is 358 g/mol. The fraction of sp³-hybridized carbons (Fsp3) is 0.533. The molecule has 0 heterocycles. The second kappa shape index (κ2) is 7.13. The molecule has 1 aromatic carbocycles. The standard InChI is InChI=1S/C15H20BrNO4/c1-20-11-6-12(14(21-2)13(16)7-11)15(19)17-8-9-3-4-10(18)5-9/h6-7,9-10,18H,3-5,8H2,1-2H3,(H,17,19). The van der Waals surface area contributed by atoms with E-state index in [4.69, 9.17) is 9.47 Å². The Labute approximate surface area is 132 Å². The number of amides is 1. The second-order valence-corrected chi connectivity index (χ2v) is 6.09. The van der Waals surface area contributed by atoms with Gasteiger partial charge in [-0.05, 0) is 53.2 Å². The van der Waals surface area contributed by atoms with Crippen molar-refractivity contribution in [1.82, 2.24) is 5.32 Å². The van der Waals surface area contributed by atoms with E-state index in [9.17, 15) is 9.90 Å². The maximum Gasteiger partial charge on any atom is 0.255 e. The van der Waals surface area contributed by atoms with Gasteiger partial charge in [0.1, 0.15) is 11.5 Å². The van der Waals surface area contributed by atoms with Crippen LogP contribution in [-0.4, -0.2) is 37.9 Å². The summed E-state index contributed by atoms with van der Waals surface area (Å²) in [6.45, 7) is 0.563. The molecule has 1 aliphatic carbocycles. The van der Waals surface area contributed by atoms with Crippen LogP contribution in [0.25, 0.3) is 0 Å². The molecule has 21 heavy (non-hydrogen) atoms. The van der Waals surface area contributed by atoms with E-state index >= 15 is 0 Å². The van der Waals surface area contributed by atoms with Crippen LogP contribution in [0.15, 0.2) is 16.6 Å². The Bertz CT molecular complexity index is 521. The highest BCUT2D eigenvalue weighted by atomic mass is 79.9. The molecule has 2 unspecified atom stereocenters. The van der Waals surface area contributed by atoms with Gasteiger partial charge in [0, 0.05) is 6.54 Å². The number of hydrogen-bond acceptors (Lipinski definition) is 4. The minimum Gasteiger partial charge on any atom is -0.497 e. The minimum atomic E-state index is -0.229. The second-order valence-electron chi connectivity index (χ2n) is 5.23. The number of carbonyl (C=O) groups is 1. The van der Waals surface area contributed by atoms with Gasteiger partial charge in [-0.15, -0.1) is 0 Å². The zero-order valence-corrected chi connectivity index (χ0v) is 13.8. The molecule has 1 fully saturated rings. The molecule has 0 aliphatic heterocycles. The highest BCUT2D eigenvalue weighted by molar-refractivity contribution is 9.10. The molecule has 0 bridgehead atoms. The van der Waals surface area contributed by atoms with E-state index in [1.54, 1.807) is 19.2 Å². The van der Waals surface area contributed by atoms with E-state index in [-0.39, 0.29) is 12.0 Å². The van der Waals surface area contributed by atoms with Crippen LogP contribution in [0.4, 0.5) is 0 Å². The van der Waals surface area contributed by atoms with Crippen LogP contribution in [-0.2, 0) is 0 Å². The number of methoxy groups -OCH3 is 2. The van der Waals surface area contributed by atoms with Gasteiger partial charge < -0.3 is 19.9 Å². The van der Waals surface area contributed by atoms with Gasteiger partial charge in [-0.2, -0.15) is 0 Å². The van der Waals surface area contributed by atoms with Crippen molar-refractivity contribution in [1.29, 1.82) is 0 Å². The largest absolute Gasteiger partial charge is 0.497 e. The fourth-order valence-electron chi connectivity index (χ4n) is 2.63. The predicted molar refractivity (Wildman–Crippen MR) is 82.9 cm³/mol. The summed E-state index contributed by atoms with van der Waals surface area (Å²) in [5.41, 5.74) is 0.433. The number of benzene rings is 1. The lowest BCUT2D eigenvalue weighted by molar-refractivity contribution is 0.0941. The Kier molecular flexibility index (Phi) is 5.47. The van der Waals surface area contributed by atoms with Crippen molar-refractivity contribution >= 4 is 21.8 Å². The average Bonchev–Trinajstić information content (AvgIpc) is 2.89. The van der Waals surface area contributed by atoms with Crippen molar-refractivity contribution < 1.29 is 19.4 Å². The molecule has 0 saturated heterocycles. The molecule has 0 aromatic heterocycles. The van der Waals surface area contributed by atoms with Crippen molar-refractivity contribution in [3.63, 3.8) is 0 Å². The molecular weight excluding hydrogens is 338 g/mol. The third kappa shape index (κ3) is 3.89. The molecule has 2 atom stereocenters. The maximum atomic E-state index is 12.4. The van der Waals surface area contributed by atoms with Gasteiger partial charge in [0.2, 0.25) is 0 Å². The Hall–Kier alpha value is -1.27. The summed E-state index contributed by atoms with van der Waals surface area (Å²) in [5, 5.41) is 12.4. The van der Waals surface area contributed by atoms with Gasteiger partial charge in [0.15, 0.2) is 0 Å². The summed E-state index contributed by atoms with van der Waals surface area (Å²) in [6, 6.07) is 3.41. The number of aliphatic hydroxyl groups excluding tert-OH is 1. The highest BCUT2D eigenvalue weighted by Crippen LogP contribution is 2.33. The summed E-state index contributed by atoms with van der Waals surface area (Å²) in [6.07, 6.45) is 2.28. The Morgan fingerprint density at radius 1 is 1.38 bits per heavy atom. The number of rotatable bonds is 5. The van der Waals surface area contributed by atoms with Crippen molar-refractivity contribution in [2.24, 2.45) is 5.92 Å². The molecular formula is C15H20BrNO4. The molecule has 0 spiro atoms. The molecule has 2 rings (SSSR count). The summed E-state index contributed by atoms with van der Waals surface area (Å²) < 4.78 is 11.1. The monoisotopic (exact) mass is 357 g/mol. The predicted octanol–water partition coefficient (Wildman–Crippen LogP) is 2.36. The molecule has 1 saturated carbocycles. The quantitative estimate of drug-likeness (QED) is 0.848. The van der Waals surface area contributed by atoms with E-state index < -0.39 is 0 Å². The molecule has 1 aliphatic rings. The van der Waals surface area contributed by atoms with Crippen molar-refractivity contribution in [2.75, 3.05) is 20.8 Å². The number of ether oxygens (including phenoxy) is 2. The van der Waals surface area contributed by atoms with Crippen LogP contribution in [0, 0.1) is 5.92 Å². The number of carbonyl (C=O) groups excluding carboxylic acids is 1. The van der Waals surface area contributed by atoms with E-state index in [0.29, 0.717) is 34.0 Å². The SMILES string of the molecule is COc1cc(Br)c(OC)c(C(=O)NCC2CCC(O)C2)c1. The molecule has 0 radical (unpaired) electrons. The molecule has 6 heteroatoms. The van der Waals surface area contributed by atoms with Gasteiger partial charge >= 0.3 is 0 Å². The minimum absolute atomic E-state index is 0.201. The van der Waals surface area contributed by atoms with Crippen LogP contribution in [0.5, 0.6) is 11.5 Å². The summed E-state index contributed by atoms with van der Waals surface area (Å²) in [4.78, 5) is 12.4. The van der Waals surface area contributed by atoms with E-state index in [1.807, 2.05) is 0 Å². The lowest BCUT2D eigenvalue weighted by atomic mass is 10.1. The van der Waals surface area contributed by atoms with Crippen LogP contribution >= 0.6 is 15.9 Å². The van der Waals surface area contributed by atoms with Crippen molar-refractivity contribution in [3.05, 3.63) is 22.2 Å². The number of aliphatic hydroxyl groups is 1. The fourth-order valence-corrected chi connectivity index (χ4v) is 3.23. The van der Waals surface area contributed by atoms with E-state index in [0.717, 1.165) is 19.3 Å². The Balaban J connectivity index is 2.09. The Morgan fingerprint density at radius 3 is 2.71 bits per heavy atom. The van der Waals surface area contributed by atoms with Gasteiger partial charge in [0.05, 0.1) is 30.4 Å². The van der Waals surface area contributed by atoms with Gasteiger partial charge in [-0.3, -0.25) is 4.79 Å². The van der Waals surface area contributed by atoms with Gasteiger partial charge in [-0.1, -0.05) is 0 Å². The first-order chi connectivity index (χ1) is 10.0. The lowest BCUT2D eigenvalue weighted by Gasteiger charge is -2.14. The number of hydrogen-bond donors (Lipinski definition) is 2. The first kappa shape index (κ1) is 16.1. The molecule has 5 nitrogen and oxygen atoms in total. The smallest absolute Gasteiger partial charge is 0.255 e. The zero-order chi connectivity index (χ0) is 15.4. The first-order valence-electron chi connectivity index (χ1n) is 6.93. The van der Waals surface area contributed by atoms with Crippen molar-refractivity contribution in [2.45, 2.75) is 25.4 Å². The number of halogens is 1. The maximum absolute atomic E-state index is 12.4. The molecule has 1 aromatic rings. The summed E-state index contributed by atoms with van der Waals surface area (Å²) in [5.74, 6) is 1.21. The van der Waals surface area contributed by atoms with E-state index in [2.05, 4.69) is 21.2 Å². The summed E-state index contributed by atoms with van der Waals surface area (Å²) >= 11 is 3.37. The van der Waals surface area contributed by atoms with Crippen LogP contribution in [0.3, 0.4) is 0 Å². The van der Waals surface area contributed by atoms with Crippen LogP contribution in [0.2, 0.25) is 0 Å². The highest BCUT2D eigenvalue weighted by Gasteiger charge is 2.24. The first-order valence-corrected chi connectivity index (χ1v) is 7.72. The van der Waals surface area contributed by atoms with Crippen LogP contribution < -0.4 is 14.8 Å². The van der Waals surface area contributed by atoms with Crippen molar-refractivity contribution in [3.8, 4) is 11.5 Å². The molecule has 116 valence electrons. The zero-order valence-electron chi connectivity index (χ0n) is 12.2. The third-order valence-electron chi connectivity index (χ3n) is 3.77. The van der Waals surface area contributed by atoms with E-state index in [1.165, 1.54) is 7.11 Å². The Morgan fingerprint density at radius 2 is 2.14 bits per heavy atom. The molecule has 1 amide bonds. The number of nitrogens with one attached hydrogen (secondary N) is 1. The summed E-state index contributed by atoms with van der Waals surface area (Å²) in [7, 11) is 3.08. The lowest BCUT2D eigenvalue weighted by Crippen LogP contribution is -2.29. The normalized spacial score (nSPS) is 21.1. The third-order valence-corrected chi connectivity index (χ3v) is 4.36. The van der Waals surface area contributed by atoms with Gasteiger partial charge in [-0.25, -0.2) is 0 Å².